The van der Waals surface area contributed by atoms with Gasteiger partial charge in [0.15, 0.2) is 0 Å². The van der Waals surface area contributed by atoms with Gasteiger partial charge in [0.1, 0.15) is 0 Å². The van der Waals surface area contributed by atoms with Crippen LogP contribution < -0.4 is 5.32 Å². The molecule has 1 heterocycles. The molecular formula is C16H24N2O2. The number of nitrogens with one attached hydrogen (secondary N) is 1. The van der Waals surface area contributed by atoms with Crippen molar-refractivity contribution in [1.82, 2.24) is 4.90 Å². The molecule has 4 heteroatoms. The molecule has 1 aliphatic heterocycles. The lowest BCUT2D eigenvalue weighted by Crippen LogP contribution is -2.48. The average Bonchev–Trinajstić information content (AvgIpc) is 2.37. The first kappa shape index (κ1) is 14.9. The van der Waals surface area contributed by atoms with E-state index in [4.69, 9.17) is 4.74 Å². The topological polar surface area (TPSA) is 41.6 Å². The Morgan fingerprint density at radius 3 is 2.55 bits per heavy atom. The molecule has 1 saturated heterocycles. The van der Waals surface area contributed by atoms with Crippen LogP contribution in [0.25, 0.3) is 0 Å². The largest absolute Gasteiger partial charge is 0.385 e. The summed E-state index contributed by atoms with van der Waals surface area (Å²) in [5.74, 6) is 0.104. The first-order chi connectivity index (χ1) is 9.51. The Morgan fingerprint density at radius 2 is 2.00 bits per heavy atom. The Hall–Kier alpha value is -1.55. The van der Waals surface area contributed by atoms with Crippen molar-refractivity contribution in [2.24, 2.45) is 0 Å². The predicted octanol–water partition coefficient (Wildman–Crippen LogP) is 2.68. The molecule has 0 bridgehead atoms. The van der Waals surface area contributed by atoms with E-state index in [1.54, 1.807) is 0 Å². The zero-order chi connectivity index (χ0) is 14.7. The minimum Gasteiger partial charge on any atom is -0.385 e. The van der Waals surface area contributed by atoms with Crippen LogP contribution in [0.15, 0.2) is 18.2 Å². The summed E-state index contributed by atoms with van der Waals surface area (Å²) >= 11 is 0. The Morgan fingerprint density at radius 1 is 1.35 bits per heavy atom. The molecular weight excluding hydrogens is 252 g/mol. The summed E-state index contributed by atoms with van der Waals surface area (Å²) in [6.45, 7) is 10.3. The number of hydrogen-bond acceptors (Lipinski definition) is 3. The molecule has 2 unspecified atom stereocenters. The van der Waals surface area contributed by atoms with Gasteiger partial charge in [0.05, 0.1) is 12.2 Å². The third-order valence-electron chi connectivity index (χ3n) is 3.54. The number of ether oxygens (including phenoxy) is 1. The number of nitrogens with zero attached hydrogens (tertiary/aromatic N) is 1. The van der Waals surface area contributed by atoms with Crippen molar-refractivity contribution in [3.8, 4) is 0 Å². The highest BCUT2D eigenvalue weighted by atomic mass is 16.5. The van der Waals surface area contributed by atoms with Crippen LogP contribution in [0.4, 0.5) is 5.69 Å². The standard InChI is InChI=1S/C16H24N2O2/c1-5-17-14-6-7-15(11(2)8-14)16(19)18-9-12(3)20-13(4)10-18/h6-8,12-13,17H,5,9-10H2,1-4H3. The Labute approximate surface area is 121 Å². The van der Waals surface area contributed by atoms with Crippen LogP contribution in [0.5, 0.6) is 0 Å². The number of anilines is 1. The third-order valence-corrected chi connectivity index (χ3v) is 3.54. The maximum atomic E-state index is 12.6. The molecule has 1 aromatic carbocycles. The summed E-state index contributed by atoms with van der Waals surface area (Å²) < 4.78 is 5.68. The number of aryl methyl sites for hydroxylation is 1. The number of benzene rings is 1. The van der Waals surface area contributed by atoms with E-state index < -0.39 is 0 Å². The lowest BCUT2D eigenvalue weighted by atomic mass is 10.1. The second-order valence-corrected chi connectivity index (χ2v) is 5.53. The monoisotopic (exact) mass is 276 g/mol. The summed E-state index contributed by atoms with van der Waals surface area (Å²) in [6.07, 6.45) is 0.202. The zero-order valence-corrected chi connectivity index (χ0v) is 12.8. The first-order valence-electron chi connectivity index (χ1n) is 7.30. The summed E-state index contributed by atoms with van der Waals surface area (Å²) in [5, 5.41) is 3.26. The quantitative estimate of drug-likeness (QED) is 0.923. The lowest BCUT2D eigenvalue weighted by Gasteiger charge is -2.35. The fourth-order valence-electron chi connectivity index (χ4n) is 2.73. The van der Waals surface area contributed by atoms with Crippen molar-refractivity contribution in [1.29, 1.82) is 0 Å². The second-order valence-electron chi connectivity index (χ2n) is 5.53. The Kier molecular flexibility index (Phi) is 4.65. The molecule has 1 aliphatic rings. The van der Waals surface area contributed by atoms with Gasteiger partial charge in [-0.05, 0) is 51.5 Å². The van der Waals surface area contributed by atoms with Gasteiger partial charge in [0.2, 0.25) is 0 Å². The number of carbonyl (C=O) groups excluding carboxylic acids is 1. The molecule has 2 atom stereocenters. The summed E-state index contributed by atoms with van der Waals surface area (Å²) in [4.78, 5) is 14.5. The van der Waals surface area contributed by atoms with Crippen LogP contribution in [0.2, 0.25) is 0 Å². The second kappa shape index (κ2) is 6.27. The van der Waals surface area contributed by atoms with Crippen molar-refractivity contribution in [3.63, 3.8) is 0 Å². The summed E-state index contributed by atoms with van der Waals surface area (Å²) in [7, 11) is 0. The number of amides is 1. The van der Waals surface area contributed by atoms with E-state index in [-0.39, 0.29) is 18.1 Å². The fourth-order valence-corrected chi connectivity index (χ4v) is 2.73. The minimum absolute atomic E-state index is 0.101. The molecule has 110 valence electrons. The molecule has 20 heavy (non-hydrogen) atoms. The van der Waals surface area contributed by atoms with Crippen LogP contribution in [-0.2, 0) is 4.74 Å². The van der Waals surface area contributed by atoms with Crippen LogP contribution in [0.3, 0.4) is 0 Å². The lowest BCUT2D eigenvalue weighted by molar-refractivity contribution is -0.0586. The molecule has 0 aliphatic carbocycles. The van der Waals surface area contributed by atoms with Crippen molar-refractivity contribution in [2.75, 3.05) is 25.0 Å². The van der Waals surface area contributed by atoms with Gasteiger partial charge in [-0.3, -0.25) is 4.79 Å². The molecule has 1 N–H and O–H groups in total. The van der Waals surface area contributed by atoms with Crippen molar-refractivity contribution in [3.05, 3.63) is 29.3 Å². The summed E-state index contributed by atoms with van der Waals surface area (Å²) in [6, 6.07) is 5.92. The first-order valence-corrected chi connectivity index (χ1v) is 7.30. The number of carbonyl (C=O) groups is 1. The van der Waals surface area contributed by atoms with Gasteiger partial charge in [0, 0.05) is 30.9 Å². The molecule has 2 rings (SSSR count). The molecule has 1 aromatic rings. The van der Waals surface area contributed by atoms with Crippen LogP contribution in [-0.4, -0.2) is 42.6 Å². The van der Waals surface area contributed by atoms with Gasteiger partial charge < -0.3 is 15.0 Å². The smallest absolute Gasteiger partial charge is 0.254 e. The molecule has 1 amide bonds. The zero-order valence-electron chi connectivity index (χ0n) is 12.8. The molecule has 0 spiro atoms. The third kappa shape index (κ3) is 3.31. The normalized spacial score (nSPS) is 22.7. The Bertz CT molecular complexity index is 477. The maximum absolute atomic E-state index is 12.6. The van der Waals surface area contributed by atoms with E-state index in [0.717, 1.165) is 23.4 Å². The number of rotatable bonds is 3. The van der Waals surface area contributed by atoms with Crippen LogP contribution in [0.1, 0.15) is 36.7 Å². The van der Waals surface area contributed by atoms with Crippen LogP contribution >= 0.6 is 0 Å². The SMILES string of the molecule is CCNc1ccc(C(=O)N2CC(C)OC(C)C2)c(C)c1. The van der Waals surface area contributed by atoms with E-state index in [9.17, 15) is 4.79 Å². The minimum atomic E-state index is 0.101. The molecule has 0 saturated carbocycles. The van der Waals surface area contributed by atoms with Crippen molar-refractivity contribution in [2.45, 2.75) is 39.9 Å². The van der Waals surface area contributed by atoms with Gasteiger partial charge in [-0.2, -0.15) is 0 Å². The molecule has 4 nitrogen and oxygen atoms in total. The highest BCUT2D eigenvalue weighted by molar-refractivity contribution is 5.96. The van der Waals surface area contributed by atoms with E-state index in [0.29, 0.717) is 13.1 Å². The number of morpholine rings is 1. The van der Waals surface area contributed by atoms with Gasteiger partial charge in [-0.1, -0.05) is 0 Å². The van der Waals surface area contributed by atoms with Gasteiger partial charge in [0.25, 0.3) is 5.91 Å². The van der Waals surface area contributed by atoms with E-state index in [2.05, 4.69) is 12.2 Å². The van der Waals surface area contributed by atoms with Gasteiger partial charge in [-0.15, -0.1) is 0 Å². The highest BCUT2D eigenvalue weighted by Gasteiger charge is 2.27. The average molecular weight is 276 g/mol. The van der Waals surface area contributed by atoms with Crippen molar-refractivity contribution < 1.29 is 9.53 Å². The predicted molar refractivity (Wildman–Crippen MR) is 81.3 cm³/mol. The van der Waals surface area contributed by atoms with E-state index in [1.807, 2.05) is 43.9 Å². The van der Waals surface area contributed by atoms with E-state index >= 15 is 0 Å². The van der Waals surface area contributed by atoms with Gasteiger partial charge in [-0.25, -0.2) is 0 Å². The number of hydrogen-bond donors (Lipinski definition) is 1. The summed E-state index contributed by atoms with van der Waals surface area (Å²) in [5.41, 5.74) is 2.86. The van der Waals surface area contributed by atoms with Gasteiger partial charge >= 0.3 is 0 Å². The highest BCUT2D eigenvalue weighted by Crippen LogP contribution is 2.19. The maximum Gasteiger partial charge on any atom is 0.254 e. The fraction of sp³-hybridized carbons (Fsp3) is 0.562. The Balaban J connectivity index is 2.16. The molecule has 0 radical (unpaired) electrons. The van der Waals surface area contributed by atoms with Crippen LogP contribution in [0, 0.1) is 6.92 Å². The molecule has 0 aromatic heterocycles. The van der Waals surface area contributed by atoms with E-state index in [1.165, 1.54) is 0 Å². The van der Waals surface area contributed by atoms with Crippen molar-refractivity contribution >= 4 is 11.6 Å². The molecule has 1 fully saturated rings.